The fraction of sp³-hybridized carbons (Fsp3) is 0.283. The molecule has 2 fully saturated rings. The largest absolute Gasteiger partial charge is 0.465 e. The highest BCUT2D eigenvalue weighted by molar-refractivity contribution is 6.35. The number of hydrogen-bond donors (Lipinski definition) is 2. The number of aromatic amines is 1. The van der Waals surface area contributed by atoms with Gasteiger partial charge in [-0.2, -0.15) is 0 Å². The minimum absolute atomic E-state index is 0.174. The van der Waals surface area contributed by atoms with Crippen molar-refractivity contribution in [3.05, 3.63) is 141 Å². The van der Waals surface area contributed by atoms with E-state index < -0.39 is 11.9 Å². The molecule has 7 rings (SSSR count). The lowest BCUT2D eigenvalue weighted by Gasteiger charge is -2.41. The lowest BCUT2D eigenvalue weighted by atomic mass is 9.95. The molecule has 2 amide bonds. The fourth-order valence-electron chi connectivity index (χ4n) is 8.33. The molecule has 0 spiro atoms. The van der Waals surface area contributed by atoms with Crippen molar-refractivity contribution in [2.75, 3.05) is 37.0 Å². The van der Waals surface area contributed by atoms with E-state index in [0.717, 1.165) is 65.7 Å². The molecular weight excluding hydrogens is 793 g/mol. The van der Waals surface area contributed by atoms with Crippen molar-refractivity contribution < 1.29 is 19.1 Å². The van der Waals surface area contributed by atoms with Crippen LogP contribution in [0.5, 0.6) is 0 Å². The van der Waals surface area contributed by atoms with Gasteiger partial charge in [-0.1, -0.05) is 83.8 Å². The number of rotatable bonds is 11. The first-order valence-electron chi connectivity index (χ1n) is 19.5. The van der Waals surface area contributed by atoms with Crippen LogP contribution in [-0.4, -0.2) is 65.4 Å². The smallest absolute Gasteiger partial charge is 0.337 e. The molecule has 2 aliphatic rings. The summed E-state index contributed by atoms with van der Waals surface area (Å²) in [6.07, 6.45) is 5.91. The number of hydrogen-bond acceptors (Lipinski definition) is 6. The fourth-order valence-corrected chi connectivity index (χ4v) is 9.07. The Morgan fingerprint density at radius 1 is 0.931 bits per heavy atom. The van der Waals surface area contributed by atoms with Crippen molar-refractivity contribution in [2.45, 2.75) is 58.0 Å². The minimum Gasteiger partial charge on any atom is -0.465 e. The van der Waals surface area contributed by atoms with Gasteiger partial charge in [0.05, 0.1) is 35.8 Å². The number of likely N-dealkylation sites (tertiary alicyclic amines) is 1. The maximum atomic E-state index is 15.0. The maximum Gasteiger partial charge on any atom is 0.337 e. The van der Waals surface area contributed by atoms with E-state index in [1.807, 2.05) is 72.2 Å². The molecule has 0 saturated carbocycles. The van der Waals surface area contributed by atoms with Crippen LogP contribution in [0.4, 0.5) is 11.4 Å². The van der Waals surface area contributed by atoms with Gasteiger partial charge in [0.15, 0.2) is 0 Å². The summed E-state index contributed by atoms with van der Waals surface area (Å²) in [4.78, 5) is 50.3. The van der Waals surface area contributed by atoms with Gasteiger partial charge >= 0.3 is 5.97 Å². The number of esters is 1. The Bertz CT molecular complexity index is 2400. The van der Waals surface area contributed by atoms with Crippen LogP contribution in [0.3, 0.4) is 0 Å². The molecule has 0 radical (unpaired) electrons. The third-order valence-electron chi connectivity index (χ3n) is 11.3. The summed E-state index contributed by atoms with van der Waals surface area (Å²) in [5.74, 6) is -0.725. The molecule has 300 valence electrons. The van der Waals surface area contributed by atoms with Gasteiger partial charge in [0.25, 0.3) is 5.91 Å². The van der Waals surface area contributed by atoms with Gasteiger partial charge in [-0.25, -0.2) is 4.79 Å². The van der Waals surface area contributed by atoms with Crippen molar-refractivity contribution in [3.63, 3.8) is 0 Å². The lowest BCUT2D eigenvalue weighted by molar-refractivity contribution is -0.136. The molecule has 1 aromatic heterocycles. The average molecular weight is 839 g/mol. The van der Waals surface area contributed by atoms with Gasteiger partial charge in [0.2, 0.25) is 5.91 Å². The first-order valence-corrected chi connectivity index (χ1v) is 20.6. The van der Waals surface area contributed by atoms with Gasteiger partial charge in [0, 0.05) is 63.6 Å². The van der Waals surface area contributed by atoms with Crippen molar-refractivity contribution in [1.29, 1.82) is 0 Å². The number of carbonyl (C=O) groups excluding carboxylic acids is 3. The maximum absolute atomic E-state index is 15.0. The predicted octanol–water partition coefficient (Wildman–Crippen LogP) is 11.2. The average Bonchev–Trinajstić information content (AvgIpc) is 3.60. The highest BCUT2D eigenvalue weighted by atomic mass is 35.5. The summed E-state index contributed by atoms with van der Waals surface area (Å²) < 4.78 is 5.08. The first kappa shape index (κ1) is 41.0. The minimum atomic E-state index is -0.523. The van der Waals surface area contributed by atoms with E-state index in [4.69, 9.17) is 39.5 Å². The molecule has 9 nitrogen and oxygen atoms in total. The molecule has 2 N–H and O–H groups in total. The predicted molar refractivity (Wildman–Crippen MR) is 236 cm³/mol. The van der Waals surface area contributed by atoms with Crippen molar-refractivity contribution >= 4 is 86.1 Å². The van der Waals surface area contributed by atoms with Crippen molar-refractivity contribution in [2.24, 2.45) is 0 Å². The van der Waals surface area contributed by atoms with Crippen LogP contribution in [0.15, 0.2) is 97.7 Å². The van der Waals surface area contributed by atoms with E-state index in [2.05, 4.69) is 21.8 Å². The van der Waals surface area contributed by atoms with Crippen molar-refractivity contribution in [3.8, 4) is 0 Å². The van der Waals surface area contributed by atoms with Gasteiger partial charge in [-0.3, -0.25) is 9.59 Å². The van der Waals surface area contributed by atoms with Crippen LogP contribution in [0.2, 0.25) is 15.1 Å². The SMILES string of the molecule is C=CN(/C(=C(\C)c1ccccc1)c1c(C(=O)Nc2cc(C(=O)OC)ccc2N2CCC(N3CCCCC3=O)CC2)[nH]c2cc(Cl)ccc12)C(C)c1ccc(Cl)cc1Cl. The van der Waals surface area contributed by atoms with Crippen LogP contribution in [0, 0.1) is 0 Å². The second-order valence-electron chi connectivity index (χ2n) is 14.8. The number of allylic oxidation sites excluding steroid dienone is 1. The van der Waals surface area contributed by atoms with Crippen molar-refractivity contribution in [1.82, 2.24) is 14.8 Å². The number of halogens is 3. The Balaban J connectivity index is 1.34. The number of H-pyrrole nitrogens is 1. The molecule has 58 heavy (non-hydrogen) atoms. The Hall–Kier alpha value is -5.22. The number of nitrogens with zero attached hydrogens (tertiary/aromatic N) is 3. The number of aromatic nitrogens is 1. The van der Waals surface area contributed by atoms with Gasteiger partial charge in [-0.05, 0) is 105 Å². The van der Waals surface area contributed by atoms with Gasteiger partial charge in [-0.15, -0.1) is 0 Å². The van der Waals surface area contributed by atoms with Crippen LogP contribution in [-0.2, 0) is 9.53 Å². The number of piperidine rings is 2. The van der Waals surface area contributed by atoms with Crippen LogP contribution < -0.4 is 10.2 Å². The zero-order chi connectivity index (χ0) is 41.1. The number of amides is 2. The number of fused-ring (bicyclic) bond motifs is 1. The molecule has 2 aliphatic heterocycles. The van der Waals surface area contributed by atoms with E-state index in [0.29, 0.717) is 56.9 Å². The summed E-state index contributed by atoms with van der Waals surface area (Å²) in [5, 5.41) is 5.47. The highest BCUT2D eigenvalue weighted by Gasteiger charge is 2.32. The summed E-state index contributed by atoms with van der Waals surface area (Å²) in [6.45, 7) is 10.4. The van der Waals surface area contributed by atoms with E-state index in [9.17, 15) is 9.59 Å². The number of nitrogens with one attached hydrogen (secondary N) is 2. The first-order chi connectivity index (χ1) is 28.0. The molecule has 1 atom stereocenters. The van der Waals surface area contributed by atoms with Crippen LogP contribution >= 0.6 is 34.8 Å². The van der Waals surface area contributed by atoms with Gasteiger partial charge in [0.1, 0.15) is 5.69 Å². The molecule has 4 aromatic carbocycles. The molecular formula is C46H46Cl3N5O4. The molecule has 1 unspecified atom stereocenters. The van der Waals surface area contributed by atoms with E-state index >= 15 is 4.79 Å². The number of benzene rings is 4. The molecule has 2 saturated heterocycles. The Morgan fingerprint density at radius 2 is 1.66 bits per heavy atom. The summed E-state index contributed by atoms with van der Waals surface area (Å²) >= 11 is 19.7. The Labute approximate surface area is 354 Å². The van der Waals surface area contributed by atoms with Crippen LogP contribution in [0.25, 0.3) is 22.2 Å². The molecule has 3 heterocycles. The summed E-state index contributed by atoms with van der Waals surface area (Å²) in [7, 11) is 1.33. The van der Waals surface area contributed by atoms with E-state index in [-0.39, 0.29) is 23.7 Å². The number of carbonyl (C=O) groups is 3. The second kappa shape index (κ2) is 17.7. The molecule has 5 aromatic rings. The zero-order valence-corrected chi connectivity index (χ0v) is 35.1. The molecule has 12 heteroatoms. The van der Waals surface area contributed by atoms with E-state index in [1.54, 1.807) is 42.6 Å². The topological polar surface area (TPSA) is 98.0 Å². The lowest BCUT2D eigenvalue weighted by Crippen LogP contribution is -2.49. The monoisotopic (exact) mass is 837 g/mol. The zero-order valence-electron chi connectivity index (χ0n) is 32.8. The summed E-state index contributed by atoms with van der Waals surface area (Å²) in [5.41, 5.74) is 6.43. The normalized spacial score (nSPS) is 15.9. The third-order valence-corrected chi connectivity index (χ3v) is 12.1. The Kier molecular flexibility index (Phi) is 12.5. The second-order valence-corrected chi connectivity index (χ2v) is 16.1. The molecule has 0 aliphatic carbocycles. The number of anilines is 2. The highest BCUT2D eigenvalue weighted by Crippen LogP contribution is 2.43. The third kappa shape index (κ3) is 8.35. The standard InChI is InChI=1S/C46H46Cl3N5O4/c1-5-53(29(3)35-17-15-32(47)26-37(35)49)44(28(2)30-11-7-6-8-12-30)42-36-18-16-33(48)27-38(36)50-43(42)45(56)51-39-25-31(46(57)58-4)14-19-40(39)52-23-20-34(21-24-52)54-22-10-9-13-41(54)55/h5-8,11-12,14-19,25-27,29,34,50H,1,9-10,13,20-24H2,2-4H3,(H,51,56)/b44-28+. The Morgan fingerprint density at radius 3 is 2.34 bits per heavy atom. The van der Waals surface area contributed by atoms with Crippen LogP contribution in [0.1, 0.15) is 89.5 Å². The van der Waals surface area contributed by atoms with Gasteiger partial charge < -0.3 is 29.7 Å². The van der Waals surface area contributed by atoms with E-state index in [1.165, 1.54) is 7.11 Å². The quantitative estimate of drug-likeness (QED) is 0.129. The number of methoxy groups -OCH3 is 1. The molecule has 0 bridgehead atoms. The summed E-state index contributed by atoms with van der Waals surface area (Å²) in [6, 6.07) is 25.9. The number of ether oxygens (including phenoxy) is 1.